The standard InChI is InChI=1S/C9H10O2.C6H12O2/c10-6-7-11-8-9-4-2-1-3-5-9;1-3-5(4-2)6(7)8/h1-6H,7-8H2;5H,3-4H2,1-2H3,(H,7,8). The first-order valence-corrected chi connectivity index (χ1v) is 6.43. The molecule has 0 aliphatic carbocycles. The van der Waals surface area contributed by atoms with Gasteiger partial charge in [-0.1, -0.05) is 44.2 Å². The van der Waals surface area contributed by atoms with Gasteiger partial charge in [0, 0.05) is 0 Å². The SMILES string of the molecule is CCC(CC)C(=O)O.O=CCOCc1ccccc1. The summed E-state index contributed by atoms with van der Waals surface area (Å²) in [6.07, 6.45) is 2.24. The lowest BCUT2D eigenvalue weighted by Crippen LogP contribution is -2.10. The van der Waals surface area contributed by atoms with Crippen molar-refractivity contribution in [1.29, 1.82) is 0 Å². The topological polar surface area (TPSA) is 63.6 Å². The van der Waals surface area contributed by atoms with E-state index in [9.17, 15) is 9.59 Å². The lowest BCUT2D eigenvalue weighted by atomic mass is 10.1. The molecule has 0 aromatic heterocycles. The summed E-state index contributed by atoms with van der Waals surface area (Å²) in [5.74, 6) is -0.801. The van der Waals surface area contributed by atoms with Gasteiger partial charge >= 0.3 is 5.97 Å². The van der Waals surface area contributed by atoms with E-state index >= 15 is 0 Å². The fourth-order valence-corrected chi connectivity index (χ4v) is 1.44. The molecule has 0 fully saturated rings. The van der Waals surface area contributed by atoms with Crippen molar-refractivity contribution in [2.75, 3.05) is 6.61 Å². The molecular formula is C15H22O4. The van der Waals surface area contributed by atoms with Gasteiger partial charge in [-0.15, -0.1) is 0 Å². The van der Waals surface area contributed by atoms with E-state index in [1.807, 2.05) is 44.2 Å². The van der Waals surface area contributed by atoms with Gasteiger partial charge in [0.05, 0.1) is 12.5 Å². The normalized spacial score (nSPS) is 9.63. The van der Waals surface area contributed by atoms with Crippen molar-refractivity contribution >= 4 is 12.3 Å². The van der Waals surface area contributed by atoms with Crippen LogP contribution in [0.2, 0.25) is 0 Å². The molecule has 1 aromatic rings. The van der Waals surface area contributed by atoms with Crippen molar-refractivity contribution in [3.63, 3.8) is 0 Å². The smallest absolute Gasteiger partial charge is 0.306 e. The molecule has 0 unspecified atom stereocenters. The monoisotopic (exact) mass is 266 g/mol. The molecule has 0 radical (unpaired) electrons. The highest BCUT2D eigenvalue weighted by Crippen LogP contribution is 2.05. The average molecular weight is 266 g/mol. The Kier molecular flexibility index (Phi) is 10.4. The largest absolute Gasteiger partial charge is 0.481 e. The number of hydrogen-bond acceptors (Lipinski definition) is 3. The molecule has 0 heterocycles. The number of aldehydes is 1. The van der Waals surface area contributed by atoms with E-state index < -0.39 is 5.97 Å². The van der Waals surface area contributed by atoms with Crippen molar-refractivity contribution in [2.45, 2.75) is 33.3 Å². The summed E-state index contributed by atoms with van der Waals surface area (Å²) in [7, 11) is 0. The Morgan fingerprint density at radius 2 is 1.84 bits per heavy atom. The Balaban J connectivity index is 0.000000362. The van der Waals surface area contributed by atoms with Crippen LogP contribution in [-0.4, -0.2) is 24.0 Å². The van der Waals surface area contributed by atoms with E-state index in [0.717, 1.165) is 24.7 Å². The molecule has 0 aliphatic heterocycles. The Hall–Kier alpha value is -1.68. The molecular weight excluding hydrogens is 244 g/mol. The number of carbonyl (C=O) groups is 2. The lowest BCUT2D eigenvalue weighted by Gasteiger charge is -2.02. The van der Waals surface area contributed by atoms with Gasteiger partial charge in [0.2, 0.25) is 0 Å². The summed E-state index contributed by atoms with van der Waals surface area (Å²) in [5, 5.41) is 8.37. The van der Waals surface area contributed by atoms with E-state index in [4.69, 9.17) is 9.84 Å². The first-order valence-electron chi connectivity index (χ1n) is 6.43. The molecule has 106 valence electrons. The van der Waals surface area contributed by atoms with Gasteiger partial charge in [-0.3, -0.25) is 4.79 Å². The van der Waals surface area contributed by atoms with Crippen LogP contribution in [0.4, 0.5) is 0 Å². The van der Waals surface area contributed by atoms with Crippen LogP contribution < -0.4 is 0 Å². The van der Waals surface area contributed by atoms with Crippen molar-refractivity contribution < 1.29 is 19.4 Å². The molecule has 0 bridgehead atoms. The molecule has 4 nitrogen and oxygen atoms in total. The van der Waals surface area contributed by atoms with Gasteiger partial charge in [0.1, 0.15) is 12.9 Å². The van der Waals surface area contributed by atoms with Crippen LogP contribution in [0.3, 0.4) is 0 Å². The second-order valence-corrected chi connectivity index (χ2v) is 4.02. The van der Waals surface area contributed by atoms with Crippen molar-refractivity contribution in [1.82, 2.24) is 0 Å². The van der Waals surface area contributed by atoms with E-state index in [0.29, 0.717) is 6.61 Å². The third kappa shape index (κ3) is 8.97. The minimum Gasteiger partial charge on any atom is -0.481 e. The minimum atomic E-state index is -0.671. The molecule has 0 aliphatic rings. The van der Waals surface area contributed by atoms with E-state index in [1.54, 1.807) is 0 Å². The van der Waals surface area contributed by atoms with Crippen LogP contribution in [0.15, 0.2) is 30.3 Å². The number of carboxylic acids is 1. The van der Waals surface area contributed by atoms with Crippen molar-refractivity contribution in [3.8, 4) is 0 Å². The molecule has 1 rings (SSSR count). The van der Waals surface area contributed by atoms with E-state index in [-0.39, 0.29) is 12.5 Å². The zero-order valence-corrected chi connectivity index (χ0v) is 11.5. The highest BCUT2D eigenvalue weighted by atomic mass is 16.5. The van der Waals surface area contributed by atoms with Crippen molar-refractivity contribution in [2.24, 2.45) is 5.92 Å². The molecule has 0 amide bonds. The molecule has 0 atom stereocenters. The maximum Gasteiger partial charge on any atom is 0.306 e. The van der Waals surface area contributed by atoms with Gasteiger partial charge in [-0.2, -0.15) is 0 Å². The third-order valence-corrected chi connectivity index (χ3v) is 2.63. The summed E-state index contributed by atoms with van der Waals surface area (Å²) < 4.78 is 5.00. The summed E-state index contributed by atoms with van der Waals surface area (Å²) >= 11 is 0. The Labute approximate surface area is 114 Å². The summed E-state index contributed by atoms with van der Waals surface area (Å²) in [6, 6.07) is 9.76. The first kappa shape index (κ1) is 17.3. The molecule has 4 heteroatoms. The number of carboxylic acid groups (broad SMARTS) is 1. The number of ether oxygens (including phenoxy) is 1. The van der Waals surface area contributed by atoms with Crippen LogP contribution >= 0.6 is 0 Å². The second kappa shape index (κ2) is 11.4. The number of hydrogen-bond donors (Lipinski definition) is 1. The predicted octanol–water partition coefficient (Wildman–Crippen LogP) is 2.91. The zero-order valence-electron chi connectivity index (χ0n) is 11.5. The van der Waals surface area contributed by atoms with Crippen LogP contribution in [0, 0.1) is 5.92 Å². The van der Waals surface area contributed by atoms with Gasteiger partial charge in [0.25, 0.3) is 0 Å². The summed E-state index contributed by atoms with van der Waals surface area (Å²) in [5.41, 5.74) is 1.09. The number of carbonyl (C=O) groups excluding carboxylic acids is 1. The van der Waals surface area contributed by atoms with Crippen LogP contribution in [-0.2, 0) is 20.9 Å². The van der Waals surface area contributed by atoms with Gasteiger partial charge in [0.15, 0.2) is 0 Å². The maximum absolute atomic E-state index is 10.2. The van der Waals surface area contributed by atoms with E-state index in [1.165, 1.54) is 0 Å². The number of rotatable bonds is 7. The maximum atomic E-state index is 10.2. The fourth-order valence-electron chi connectivity index (χ4n) is 1.44. The van der Waals surface area contributed by atoms with Crippen LogP contribution in [0.25, 0.3) is 0 Å². The second-order valence-electron chi connectivity index (χ2n) is 4.02. The number of aliphatic carboxylic acids is 1. The Morgan fingerprint density at radius 1 is 1.26 bits per heavy atom. The molecule has 1 N–H and O–H groups in total. The third-order valence-electron chi connectivity index (χ3n) is 2.63. The molecule has 0 saturated heterocycles. The molecule has 0 saturated carbocycles. The molecule has 0 spiro atoms. The van der Waals surface area contributed by atoms with Crippen LogP contribution in [0.1, 0.15) is 32.3 Å². The average Bonchev–Trinajstić information content (AvgIpc) is 2.42. The first-order chi connectivity index (χ1) is 9.15. The van der Waals surface area contributed by atoms with Gasteiger partial charge in [-0.05, 0) is 18.4 Å². The predicted molar refractivity (Wildman–Crippen MR) is 73.9 cm³/mol. The summed E-state index contributed by atoms with van der Waals surface area (Å²) in [4.78, 5) is 20.0. The van der Waals surface area contributed by atoms with E-state index in [2.05, 4.69) is 0 Å². The Bertz CT molecular complexity index is 344. The minimum absolute atomic E-state index is 0.130. The summed E-state index contributed by atoms with van der Waals surface area (Å²) in [6.45, 7) is 4.47. The zero-order chi connectivity index (χ0) is 14.5. The van der Waals surface area contributed by atoms with Gasteiger partial charge < -0.3 is 14.6 Å². The molecule has 19 heavy (non-hydrogen) atoms. The highest BCUT2D eigenvalue weighted by molar-refractivity contribution is 5.69. The highest BCUT2D eigenvalue weighted by Gasteiger charge is 2.10. The van der Waals surface area contributed by atoms with Crippen LogP contribution in [0.5, 0.6) is 0 Å². The number of benzene rings is 1. The van der Waals surface area contributed by atoms with Gasteiger partial charge in [-0.25, -0.2) is 0 Å². The fraction of sp³-hybridized carbons (Fsp3) is 0.467. The Morgan fingerprint density at radius 3 is 2.21 bits per heavy atom. The molecule has 1 aromatic carbocycles. The quantitative estimate of drug-likeness (QED) is 0.609. The van der Waals surface area contributed by atoms with Crippen molar-refractivity contribution in [3.05, 3.63) is 35.9 Å². The lowest BCUT2D eigenvalue weighted by molar-refractivity contribution is -0.141.